The summed E-state index contributed by atoms with van der Waals surface area (Å²) < 4.78 is 3.30. The van der Waals surface area contributed by atoms with Crippen molar-refractivity contribution in [3.63, 3.8) is 0 Å². The van der Waals surface area contributed by atoms with E-state index in [4.69, 9.17) is 11.6 Å². The summed E-state index contributed by atoms with van der Waals surface area (Å²) >= 11 is 9.77. The summed E-state index contributed by atoms with van der Waals surface area (Å²) in [5.74, 6) is 0.957. The van der Waals surface area contributed by atoms with E-state index in [-0.39, 0.29) is 5.38 Å². The zero-order valence-corrected chi connectivity index (χ0v) is 14.2. The maximum atomic E-state index is 6.27. The highest BCUT2D eigenvalue weighted by Crippen LogP contribution is 2.29. The zero-order valence-electron chi connectivity index (χ0n) is 11.9. The molecule has 0 spiro atoms. The molecular formula is C15H20BrClN2. The van der Waals surface area contributed by atoms with Crippen molar-refractivity contribution in [2.75, 3.05) is 0 Å². The molecule has 0 aliphatic rings. The zero-order chi connectivity index (χ0) is 14.2. The normalized spacial score (nSPS) is 14.0. The molecule has 1 heterocycles. The first-order valence-electron chi connectivity index (χ1n) is 6.58. The monoisotopic (exact) mass is 342 g/mol. The summed E-state index contributed by atoms with van der Waals surface area (Å²) in [6.45, 7) is 9.70. The lowest BCUT2D eigenvalue weighted by molar-refractivity contribution is 0.350. The molecule has 19 heavy (non-hydrogen) atoms. The van der Waals surface area contributed by atoms with Gasteiger partial charge in [0.05, 0.1) is 16.4 Å². The second-order valence-electron chi connectivity index (χ2n) is 6.18. The van der Waals surface area contributed by atoms with Crippen LogP contribution in [0, 0.1) is 5.41 Å². The van der Waals surface area contributed by atoms with Gasteiger partial charge < -0.3 is 4.57 Å². The SMILES string of the molecule is CC(Cl)c1nc2cc(Br)ccc2n1CCC(C)(C)C. The fourth-order valence-corrected chi connectivity index (χ4v) is 2.62. The van der Waals surface area contributed by atoms with Crippen molar-refractivity contribution in [3.05, 3.63) is 28.5 Å². The molecule has 4 heteroatoms. The van der Waals surface area contributed by atoms with E-state index < -0.39 is 0 Å². The lowest BCUT2D eigenvalue weighted by Gasteiger charge is -2.20. The molecule has 0 amide bonds. The highest BCUT2D eigenvalue weighted by atomic mass is 79.9. The summed E-state index contributed by atoms with van der Waals surface area (Å²) in [5.41, 5.74) is 2.47. The Morgan fingerprint density at radius 3 is 2.63 bits per heavy atom. The summed E-state index contributed by atoms with van der Waals surface area (Å²) in [6.07, 6.45) is 1.10. The Morgan fingerprint density at radius 1 is 1.37 bits per heavy atom. The van der Waals surface area contributed by atoms with Gasteiger partial charge in [-0.2, -0.15) is 0 Å². The van der Waals surface area contributed by atoms with E-state index in [1.165, 1.54) is 0 Å². The second-order valence-corrected chi connectivity index (χ2v) is 7.75. The third-order valence-electron chi connectivity index (χ3n) is 3.18. The van der Waals surface area contributed by atoms with Crippen molar-refractivity contribution < 1.29 is 0 Å². The van der Waals surface area contributed by atoms with Crippen LogP contribution in [-0.2, 0) is 6.54 Å². The average Bonchev–Trinajstić information content (AvgIpc) is 2.63. The Bertz CT molecular complexity index is 582. The smallest absolute Gasteiger partial charge is 0.127 e. The Kier molecular flexibility index (Phi) is 4.26. The van der Waals surface area contributed by atoms with Crippen LogP contribution in [0.5, 0.6) is 0 Å². The van der Waals surface area contributed by atoms with Gasteiger partial charge in [-0.3, -0.25) is 0 Å². The predicted molar refractivity (Wildman–Crippen MR) is 85.8 cm³/mol. The number of nitrogens with zero attached hydrogens (tertiary/aromatic N) is 2. The minimum atomic E-state index is -0.0776. The van der Waals surface area contributed by atoms with E-state index in [1.54, 1.807) is 0 Å². The number of imidazole rings is 1. The van der Waals surface area contributed by atoms with Crippen molar-refractivity contribution >= 4 is 38.6 Å². The fourth-order valence-electron chi connectivity index (χ4n) is 2.11. The second kappa shape index (κ2) is 5.45. The number of benzene rings is 1. The average molecular weight is 344 g/mol. The minimum absolute atomic E-state index is 0.0776. The number of hydrogen-bond acceptors (Lipinski definition) is 1. The Hall–Kier alpha value is -0.540. The molecular weight excluding hydrogens is 324 g/mol. The van der Waals surface area contributed by atoms with Crippen molar-refractivity contribution in [3.8, 4) is 0 Å². The molecule has 1 atom stereocenters. The van der Waals surface area contributed by atoms with Gasteiger partial charge in [-0.1, -0.05) is 36.7 Å². The predicted octanol–water partition coefficient (Wildman–Crippen LogP) is 5.53. The Balaban J connectivity index is 2.46. The molecule has 0 N–H and O–H groups in total. The topological polar surface area (TPSA) is 17.8 Å². The van der Waals surface area contributed by atoms with E-state index in [9.17, 15) is 0 Å². The summed E-state index contributed by atoms with van der Waals surface area (Å²) in [6, 6.07) is 6.21. The number of rotatable bonds is 3. The molecule has 0 radical (unpaired) electrons. The molecule has 0 saturated carbocycles. The van der Waals surface area contributed by atoms with Gasteiger partial charge in [0.2, 0.25) is 0 Å². The van der Waals surface area contributed by atoms with Crippen LogP contribution in [0.15, 0.2) is 22.7 Å². The molecule has 1 aromatic carbocycles. The van der Waals surface area contributed by atoms with Gasteiger partial charge in [0.1, 0.15) is 5.82 Å². The number of fused-ring (bicyclic) bond motifs is 1. The Morgan fingerprint density at radius 2 is 2.05 bits per heavy atom. The molecule has 0 saturated heterocycles. The Labute approximate surface area is 128 Å². The first-order chi connectivity index (χ1) is 8.78. The molecule has 2 nitrogen and oxygen atoms in total. The van der Waals surface area contributed by atoms with Gasteiger partial charge >= 0.3 is 0 Å². The molecule has 0 aliphatic carbocycles. The first kappa shape index (κ1) is 14.9. The van der Waals surface area contributed by atoms with E-state index in [1.807, 2.05) is 13.0 Å². The van der Waals surface area contributed by atoms with Crippen molar-refractivity contribution in [2.24, 2.45) is 5.41 Å². The molecule has 1 aromatic heterocycles. The van der Waals surface area contributed by atoms with Crippen LogP contribution in [0.25, 0.3) is 11.0 Å². The molecule has 0 fully saturated rings. The molecule has 104 valence electrons. The van der Waals surface area contributed by atoms with Gasteiger partial charge in [-0.25, -0.2) is 4.98 Å². The lowest BCUT2D eigenvalue weighted by Crippen LogP contribution is -2.12. The maximum Gasteiger partial charge on any atom is 0.127 e. The fraction of sp³-hybridized carbons (Fsp3) is 0.533. The number of halogens is 2. The molecule has 2 aromatic rings. The van der Waals surface area contributed by atoms with Gasteiger partial charge in [0.15, 0.2) is 0 Å². The van der Waals surface area contributed by atoms with E-state index in [0.717, 1.165) is 34.3 Å². The third-order valence-corrected chi connectivity index (χ3v) is 3.87. The van der Waals surface area contributed by atoms with Gasteiger partial charge in [0.25, 0.3) is 0 Å². The highest BCUT2D eigenvalue weighted by molar-refractivity contribution is 9.10. The van der Waals surface area contributed by atoms with E-state index in [2.05, 4.69) is 58.4 Å². The van der Waals surface area contributed by atoms with Crippen LogP contribution < -0.4 is 0 Å². The van der Waals surface area contributed by atoms with Gasteiger partial charge in [0, 0.05) is 11.0 Å². The minimum Gasteiger partial charge on any atom is -0.327 e. The first-order valence-corrected chi connectivity index (χ1v) is 7.80. The number of hydrogen-bond donors (Lipinski definition) is 0. The van der Waals surface area contributed by atoms with Crippen LogP contribution in [-0.4, -0.2) is 9.55 Å². The number of aromatic nitrogens is 2. The number of aryl methyl sites for hydroxylation is 1. The van der Waals surface area contributed by atoms with Crippen LogP contribution in [0.3, 0.4) is 0 Å². The number of alkyl halides is 1. The third kappa shape index (κ3) is 3.51. The summed E-state index contributed by atoms with van der Waals surface area (Å²) in [7, 11) is 0. The molecule has 2 rings (SSSR count). The van der Waals surface area contributed by atoms with Gasteiger partial charge in [-0.15, -0.1) is 11.6 Å². The van der Waals surface area contributed by atoms with Crippen molar-refractivity contribution in [1.29, 1.82) is 0 Å². The quantitative estimate of drug-likeness (QED) is 0.669. The molecule has 1 unspecified atom stereocenters. The standard InChI is InChI=1S/C15H20BrClN2/c1-10(17)14-18-12-9-11(16)5-6-13(12)19(14)8-7-15(2,3)4/h5-6,9-10H,7-8H2,1-4H3. The maximum absolute atomic E-state index is 6.27. The molecule has 0 bridgehead atoms. The van der Waals surface area contributed by atoms with E-state index >= 15 is 0 Å². The lowest BCUT2D eigenvalue weighted by atomic mass is 9.92. The molecule has 0 aliphatic heterocycles. The van der Waals surface area contributed by atoms with Crippen molar-refractivity contribution in [2.45, 2.75) is 46.0 Å². The highest BCUT2D eigenvalue weighted by Gasteiger charge is 2.17. The largest absolute Gasteiger partial charge is 0.327 e. The van der Waals surface area contributed by atoms with Crippen LogP contribution in [0.2, 0.25) is 0 Å². The van der Waals surface area contributed by atoms with Crippen molar-refractivity contribution in [1.82, 2.24) is 9.55 Å². The van der Waals surface area contributed by atoms with Gasteiger partial charge in [-0.05, 0) is 37.0 Å². The summed E-state index contributed by atoms with van der Waals surface area (Å²) in [4.78, 5) is 4.67. The summed E-state index contributed by atoms with van der Waals surface area (Å²) in [5, 5.41) is -0.0776. The van der Waals surface area contributed by atoms with Crippen LogP contribution >= 0.6 is 27.5 Å². The van der Waals surface area contributed by atoms with E-state index in [0.29, 0.717) is 5.41 Å². The van der Waals surface area contributed by atoms with Crippen LogP contribution in [0.4, 0.5) is 0 Å². The van der Waals surface area contributed by atoms with Crippen LogP contribution in [0.1, 0.15) is 45.3 Å².